The maximum atomic E-state index is 6.28. The maximum Gasteiger partial charge on any atom is 0.169 e. The van der Waals surface area contributed by atoms with Gasteiger partial charge in [0.25, 0.3) is 0 Å². The van der Waals surface area contributed by atoms with Crippen LogP contribution in [0.4, 0.5) is 0 Å². The fourth-order valence-electron chi connectivity index (χ4n) is 3.17. The third kappa shape index (κ3) is 2.08. The Bertz CT molecular complexity index is 421. The Kier molecular flexibility index (Phi) is 3.16. The molecule has 1 saturated carbocycles. The standard InChI is InChI=1S/C16H21O2/c1-12-8-4-5-9-14(12)15-13(2)17-16(18-15)10-6-3-7-11-16/h4-5,8-9,13,15H,2-3,6-7,10-11H2,1H3. The number of hydrogen-bond acceptors (Lipinski definition) is 2. The normalized spacial score (nSPS) is 30.8. The second kappa shape index (κ2) is 4.67. The van der Waals surface area contributed by atoms with E-state index in [4.69, 9.17) is 9.47 Å². The fraction of sp³-hybridized carbons (Fsp3) is 0.562. The molecule has 2 nitrogen and oxygen atoms in total. The lowest BCUT2D eigenvalue weighted by Crippen LogP contribution is -2.33. The van der Waals surface area contributed by atoms with E-state index in [2.05, 4.69) is 38.1 Å². The molecule has 3 rings (SSSR count). The molecule has 1 aliphatic carbocycles. The van der Waals surface area contributed by atoms with Gasteiger partial charge in [-0.3, -0.25) is 0 Å². The van der Waals surface area contributed by atoms with Crippen LogP contribution in [0.3, 0.4) is 0 Å². The monoisotopic (exact) mass is 245 g/mol. The highest BCUT2D eigenvalue weighted by molar-refractivity contribution is 5.29. The van der Waals surface area contributed by atoms with Crippen LogP contribution in [0.5, 0.6) is 0 Å². The number of benzene rings is 1. The zero-order valence-electron chi connectivity index (χ0n) is 11.0. The van der Waals surface area contributed by atoms with Crippen molar-refractivity contribution in [3.63, 3.8) is 0 Å². The van der Waals surface area contributed by atoms with E-state index in [9.17, 15) is 0 Å². The van der Waals surface area contributed by atoms with Gasteiger partial charge in [0.1, 0.15) is 6.10 Å². The molecule has 0 bridgehead atoms. The first-order valence-corrected chi connectivity index (χ1v) is 6.94. The summed E-state index contributed by atoms with van der Waals surface area (Å²) in [7, 11) is 0. The molecule has 18 heavy (non-hydrogen) atoms. The summed E-state index contributed by atoms with van der Waals surface area (Å²) in [6, 6.07) is 8.37. The Labute approximate surface area is 109 Å². The van der Waals surface area contributed by atoms with E-state index in [1.807, 2.05) is 0 Å². The van der Waals surface area contributed by atoms with E-state index in [0.717, 1.165) is 12.8 Å². The lowest BCUT2D eigenvalue weighted by Gasteiger charge is -2.32. The summed E-state index contributed by atoms with van der Waals surface area (Å²) < 4.78 is 12.4. The van der Waals surface area contributed by atoms with Crippen LogP contribution in [0, 0.1) is 13.8 Å². The molecule has 97 valence electrons. The van der Waals surface area contributed by atoms with Crippen LogP contribution in [-0.2, 0) is 9.47 Å². The average molecular weight is 245 g/mol. The first-order chi connectivity index (χ1) is 8.70. The van der Waals surface area contributed by atoms with Crippen LogP contribution < -0.4 is 0 Å². The third-order valence-electron chi connectivity index (χ3n) is 4.16. The topological polar surface area (TPSA) is 18.5 Å². The predicted octanol–water partition coefficient (Wildman–Crippen LogP) is 3.95. The molecular formula is C16H21O2. The quantitative estimate of drug-likeness (QED) is 0.746. The molecule has 0 amide bonds. The Morgan fingerprint density at radius 3 is 2.56 bits per heavy atom. The molecule has 0 N–H and O–H groups in total. The van der Waals surface area contributed by atoms with E-state index in [1.165, 1.54) is 30.4 Å². The zero-order chi connectivity index (χ0) is 12.6. The molecule has 1 aliphatic heterocycles. The van der Waals surface area contributed by atoms with E-state index in [0.29, 0.717) is 0 Å². The van der Waals surface area contributed by atoms with Gasteiger partial charge in [-0.05, 0) is 37.8 Å². The summed E-state index contributed by atoms with van der Waals surface area (Å²) in [6.07, 6.45) is 5.63. The van der Waals surface area contributed by atoms with E-state index >= 15 is 0 Å². The molecule has 1 aromatic carbocycles. The predicted molar refractivity (Wildman–Crippen MR) is 71.1 cm³/mol. The van der Waals surface area contributed by atoms with E-state index < -0.39 is 0 Å². The molecule has 2 aliphatic rings. The van der Waals surface area contributed by atoms with Gasteiger partial charge in [-0.25, -0.2) is 0 Å². The Morgan fingerprint density at radius 2 is 1.83 bits per heavy atom. The van der Waals surface area contributed by atoms with Gasteiger partial charge in [0, 0.05) is 12.8 Å². The maximum absolute atomic E-state index is 6.28. The molecule has 0 aromatic heterocycles. The molecule has 1 spiro atoms. The highest BCUT2D eigenvalue weighted by atomic mass is 16.8. The van der Waals surface area contributed by atoms with Gasteiger partial charge in [-0.1, -0.05) is 30.7 Å². The SMILES string of the molecule is [CH2]C1OC2(CCCCC2)OC1c1ccccc1C. The summed E-state index contributed by atoms with van der Waals surface area (Å²) in [5.74, 6) is -0.350. The highest BCUT2D eigenvalue weighted by Crippen LogP contribution is 2.46. The Balaban J connectivity index is 1.84. The van der Waals surface area contributed by atoms with Gasteiger partial charge in [-0.2, -0.15) is 0 Å². The number of ether oxygens (including phenoxy) is 2. The van der Waals surface area contributed by atoms with Crippen LogP contribution in [0.15, 0.2) is 24.3 Å². The Morgan fingerprint density at radius 1 is 1.11 bits per heavy atom. The lowest BCUT2D eigenvalue weighted by molar-refractivity contribution is -0.192. The number of aryl methyl sites for hydroxylation is 1. The minimum absolute atomic E-state index is 0.00991. The van der Waals surface area contributed by atoms with Crippen LogP contribution in [0.25, 0.3) is 0 Å². The average Bonchev–Trinajstić information content (AvgIpc) is 2.67. The molecule has 2 fully saturated rings. The van der Waals surface area contributed by atoms with Crippen molar-refractivity contribution in [2.24, 2.45) is 0 Å². The van der Waals surface area contributed by atoms with Crippen molar-refractivity contribution in [3.05, 3.63) is 42.3 Å². The van der Waals surface area contributed by atoms with Crippen LogP contribution in [0.2, 0.25) is 0 Å². The third-order valence-corrected chi connectivity index (χ3v) is 4.16. The second-order valence-electron chi connectivity index (χ2n) is 5.52. The van der Waals surface area contributed by atoms with Crippen LogP contribution in [0.1, 0.15) is 49.3 Å². The minimum Gasteiger partial charge on any atom is -0.344 e. The van der Waals surface area contributed by atoms with Crippen LogP contribution in [-0.4, -0.2) is 11.9 Å². The number of rotatable bonds is 1. The van der Waals surface area contributed by atoms with Crippen molar-refractivity contribution in [1.29, 1.82) is 0 Å². The first kappa shape index (κ1) is 12.2. The molecular weight excluding hydrogens is 224 g/mol. The fourth-order valence-corrected chi connectivity index (χ4v) is 3.17. The van der Waals surface area contributed by atoms with Crippen LogP contribution >= 0.6 is 0 Å². The van der Waals surface area contributed by atoms with Gasteiger partial charge < -0.3 is 9.47 Å². The summed E-state index contributed by atoms with van der Waals surface area (Å²) in [5, 5.41) is 0. The highest BCUT2D eigenvalue weighted by Gasteiger charge is 2.46. The second-order valence-corrected chi connectivity index (χ2v) is 5.52. The van der Waals surface area contributed by atoms with Gasteiger partial charge in [-0.15, -0.1) is 0 Å². The Hall–Kier alpha value is -0.860. The van der Waals surface area contributed by atoms with Gasteiger partial charge >= 0.3 is 0 Å². The summed E-state index contributed by atoms with van der Waals surface area (Å²) >= 11 is 0. The lowest BCUT2D eigenvalue weighted by atomic mass is 9.94. The van der Waals surface area contributed by atoms with Crippen molar-refractivity contribution in [2.75, 3.05) is 0 Å². The van der Waals surface area contributed by atoms with Gasteiger partial charge in [0.15, 0.2) is 5.79 Å². The molecule has 2 atom stereocenters. The summed E-state index contributed by atoms with van der Waals surface area (Å²) in [6.45, 7) is 6.26. The molecule has 1 heterocycles. The smallest absolute Gasteiger partial charge is 0.169 e. The first-order valence-electron chi connectivity index (χ1n) is 6.94. The van der Waals surface area contributed by atoms with Gasteiger partial charge in [0.05, 0.1) is 6.10 Å². The van der Waals surface area contributed by atoms with Crippen molar-refractivity contribution in [2.45, 2.75) is 57.0 Å². The van der Waals surface area contributed by atoms with E-state index in [1.54, 1.807) is 0 Å². The molecule has 1 aromatic rings. The molecule has 1 saturated heterocycles. The summed E-state index contributed by atoms with van der Waals surface area (Å²) in [5.41, 5.74) is 2.48. The van der Waals surface area contributed by atoms with Crippen molar-refractivity contribution in [3.8, 4) is 0 Å². The minimum atomic E-state index is -0.350. The van der Waals surface area contributed by atoms with Gasteiger partial charge in [0.2, 0.25) is 0 Å². The van der Waals surface area contributed by atoms with Crippen molar-refractivity contribution < 1.29 is 9.47 Å². The van der Waals surface area contributed by atoms with E-state index in [-0.39, 0.29) is 18.0 Å². The molecule has 2 unspecified atom stereocenters. The summed E-state index contributed by atoms with van der Waals surface area (Å²) in [4.78, 5) is 0. The van der Waals surface area contributed by atoms with Crippen molar-refractivity contribution in [1.82, 2.24) is 0 Å². The molecule has 2 heteroatoms. The number of hydrogen-bond donors (Lipinski definition) is 0. The largest absolute Gasteiger partial charge is 0.344 e. The van der Waals surface area contributed by atoms with Crippen molar-refractivity contribution >= 4 is 0 Å². The molecule has 1 radical (unpaired) electrons. The zero-order valence-corrected chi connectivity index (χ0v) is 11.0.